The lowest BCUT2D eigenvalue weighted by Gasteiger charge is -2.53. The van der Waals surface area contributed by atoms with Gasteiger partial charge in [-0.3, -0.25) is 14.8 Å². The summed E-state index contributed by atoms with van der Waals surface area (Å²) >= 11 is 0. The number of likely N-dealkylation sites (tertiary alicyclic amines) is 2. The molecule has 1 aromatic carbocycles. The molecule has 4 heterocycles. The molecule has 2 aliphatic rings. The fourth-order valence-electron chi connectivity index (χ4n) is 5.67. The third kappa shape index (κ3) is 4.27. The van der Waals surface area contributed by atoms with Crippen molar-refractivity contribution in [3.63, 3.8) is 0 Å². The van der Waals surface area contributed by atoms with Gasteiger partial charge in [-0.05, 0) is 75.2 Å². The van der Waals surface area contributed by atoms with Gasteiger partial charge in [-0.2, -0.15) is 0 Å². The summed E-state index contributed by atoms with van der Waals surface area (Å²) in [6, 6.07) is 12.0. The minimum absolute atomic E-state index is 0.268. The van der Waals surface area contributed by atoms with E-state index in [1.54, 1.807) is 7.11 Å². The third-order valence-electron chi connectivity index (χ3n) is 7.53. The Hall–Kier alpha value is -2.41. The van der Waals surface area contributed by atoms with Gasteiger partial charge in [0.15, 0.2) is 0 Å². The number of hydrogen-bond donors (Lipinski definition) is 0. The molecule has 176 valence electrons. The van der Waals surface area contributed by atoms with Crippen molar-refractivity contribution >= 4 is 10.9 Å². The highest BCUT2D eigenvalue weighted by molar-refractivity contribution is 5.85. The molecule has 6 heteroatoms. The lowest BCUT2D eigenvalue weighted by molar-refractivity contribution is -0.117. The number of methoxy groups -OCH3 is 2. The molecule has 0 unspecified atom stereocenters. The summed E-state index contributed by atoms with van der Waals surface area (Å²) in [6.45, 7) is 8.74. The van der Waals surface area contributed by atoms with Crippen LogP contribution >= 0.6 is 0 Å². The molecule has 2 fully saturated rings. The first-order valence-electron chi connectivity index (χ1n) is 12.2. The maximum Gasteiger partial charge on any atom is 0.119 e. The molecule has 0 N–H and O–H groups in total. The van der Waals surface area contributed by atoms with E-state index in [1.165, 1.54) is 34.9 Å². The average molecular weight is 449 g/mol. The quantitative estimate of drug-likeness (QED) is 0.526. The van der Waals surface area contributed by atoms with Crippen LogP contribution in [0.15, 0.2) is 48.9 Å². The second-order valence-corrected chi connectivity index (χ2v) is 9.75. The highest BCUT2D eigenvalue weighted by atomic mass is 16.5. The highest BCUT2D eigenvalue weighted by Crippen LogP contribution is 2.39. The van der Waals surface area contributed by atoms with Crippen LogP contribution in [0.25, 0.3) is 10.9 Å². The summed E-state index contributed by atoms with van der Waals surface area (Å²) in [4.78, 5) is 9.59. The van der Waals surface area contributed by atoms with Gasteiger partial charge in [0.05, 0.1) is 19.3 Å². The molecular weight excluding hydrogens is 412 g/mol. The monoisotopic (exact) mass is 448 g/mol. The minimum atomic E-state index is 0.268. The maximum atomic E-state index is 5.76. The number of rotatable bonds is 7. The SMILES string of the molecule is COc1ccc2c(c1)c(CN1CCC(N3C[C@H](OC)[C@@H]3c3cccnc3)CC1)cn2C(C)C. The van der Waals surface area contributed by atoms with Crippen LogP contribution in [0.3, 0.4) is 0 Å². The number of piperidine rings is 1. The molecule has 3 aromatic rings. The zero-order valence-corrected chi connectivity index (χ0v) is 20.3. The zero-order valence-electron chi connectivity index (χ0n) is 20.3. The Balaban J connectivity index is 1.27. The van der Waals surface area contributed by atoms with Crippen LogP contribution in [0, 0.1) is 0 Å². The number of hydrogen-bond acceptors (Lipinski definition) is 5. The predicted octanol–water partition coefficient (Wildman–Crippen LogP) is 4.66. The molecule has 0 bridgehead atoms. The molecule has 0 spiro atoms. The standard InChI is InChI=1S/C27H36N4O2/c1-19(2)30-17-21(24-14-23(32-3)7-8-25(24)30)16-29-12-9-22(10-13-29)31-18-26(33-4)27(31)20-6-5-11-28-15-20/h5-8,11,14-15,17,19,22,26-27H,9-10,12-13,16,18H2,1-4H3/t26-,27-/m0/s1. The molecule has 2 saturated heterocycles. The highest BCUT2D eigenvalue weighted by Gasteiger charge is 2.44. The normalized spacial score (nSPS) is 22.7. The fourth-order valence-corrected chi connectivity index (χ4v) is 5.67. The van der Waals surface area contributed by atoms with Crippen molar-refractivity contribution in [3.05, 3.63) is 60.0 Å². The Morgan fingerprint density at radius 1 is 1.12 bits per heavy atom. The summed E-state index contributed by atoms with van der Waals surface area (Å²) in [5.41, 5.74) is 3.96. The topological polar surface area (TPSA) is 42.8 Å². The molecule has 2 atom stereocenters. The van der Waals surface area contributed by atoms with Gasteiger partial charge in [-0.1, -0.05) is 6.07 Å². The summed E-state index contributed by atoms with van der Waals surface area (Å²) < 4.78 is 13.7. The van der Waals surface area contributed by atoms with E-state index in [9.17, 15) is 0 Å². The van der Waals surface area contributed by atoms with E-state index in [-0.39, 0.29) is 6.10 Å². The first-order chi connectivity index (χ1) is 16.1. The molecule has 5 rings (SSSR count). The van der Waals surface area contributed by atoms with Crippen molar-refractivity contribution in [1.82, 2.24) is 19.4 Å². The van der Waals surface area contributed by atoms with Gasteiger partial charge in [0.25, 0.3) is 0 Å². The van der Waals surface area contributed by atoms with Gasteiger partial charge in [-0.15, -0.1) is 0 Å². The maximum absolute atomic E-state index is 5.76. The lowest BCUT2D eigenvalue weighted by atomic mass is 9.87. The van der Waals surface area contributed by atoms with E-state index in [2.05, 4.69) is 63.7 Å². The van der Waals surface area contributed by atoms with Crippen LogP contribution in [-0.2, 0) is 11.3 Å². The van der Waals surface area contributed by atoms with E-state index in [1.807, 2.05) is 25.6 Å². The summed E-state index contributed by atoms with van der Waals surface area (Å²) in [7, 11) is 3.57. The number of nitrogens with zero attached hydrogens (tertiary/aromatic N) is 4. The fraction of sp³-hybridized carbons (Fsp3) is 0.519. The molecule has 0 aliphatic carbocycles. The molecular formula is C27H36N4O2. The Bertz CT molecular complexity index is 1070. The molecule has 33 heavy (non-hydrogen) atoms. The lowest BCUT2D eigenvalue weighted by Crippen LogP contribution is -2.60. The molecule has 0 radical (unpaired) electrons. The molecule has 0 amide bonds. The van der Waals surface area contributed by atoms with Gasteiger partial charge >= 0.3 is 0 Å². The van der Waals surface area contributed by atoms with Gasteiger partial charge in [0.2, 0.25) is 0 Å². The first kappa shape index (κ1) is 22.4. The second kappa shape index (κ2) is 9.45. The first-order valence-corrected chi connectivity index (χ1v) is 12.2. The van der Waals surface area contributed by atoms with Gasteiger partial charge in [-0.25, -0.2) is 0 Å². The molecule has 2 aromatic heterocycles. The van der Waals surface area contributed by atoms with Crippen molar-refractivity contribution in [1.29, 1.82) is 0 Å². The summed E-state index contributed by atoms with van der Waals surface area (Å²) in [5.74, 6) is 0.927. The van der Waals surface area contributed by atoms with E-state index in [4.69, 9.17) is 9.47 Å². The van der Waals surface area contributed by atoms with Crippen molar-refractivity contribution in [2.24, 2.45) is 0 Å². The zero-order chi connectivity index (χ0) is 22.9. The number of fused-ring (bicyclic) bond motifs is 1. The molecule has 2 aliphatic heterocycles. The summed E-state index contributed by atoms with van der Waals surface area (Å²) in [5, 5.41) is 1.31. The minimum Gasteiger partial charge on any atom is -0.497 e. The van der Waals surface area contributed by atoms with E-state index < -0.39 is 0 Å². The van der Waals surface area contributed by atoms with Crippen LogP contribution in [0.5, 0.6) is 5.75 Å². The summed E-state index contributed by atoms with van der Waals surface area (Å²) in [6.07, 6.45) is 8.84. The smallest absolute Gasteiger partial charge is 0.119 e. The Morgan fingerprint density at radius 3 is 2.61 bits per heavy atom. The van der Waals surface area contributed by atoms with Gasteiger partial charge < -0.3 is 14.0 Å². The predicted molar refractivity (Wildman–Crippen MR) is 132 cm³/mol. The van der Waals surface area contributed by atoms with Crippen LogP contribution in [-0.4, -0.2) is 65.4 Å². The van der Waals surface area contributed by atoms with Crippen molar-refractivity contribution in [2.45, 2.75) is 57.5 Å². The number of pyridine rings is 1. The van der Waals surface area contributed by atoms with Crippen LogP contribution in [0.2, 0.25) is 0 Å². The third-order valence-corrected chi connectivity index (χ3v) is 7.53. The van der Waals surface area contributed by atoms with E-state index >= 15 is 0 Å². The van der Waals surface area contributed by atoms with E-state index in [0.717, 1.165) is 31.9 Å². The van der Waals surface area contributed by atoms with Crippen molar-refractivity contribution in [3.8, 4) is 5.75 Å². The average Bonchev–Trinajstić information content (AvgIpc) is 3.18. The van der Waals surface area contributed by atoms with Gasteiger partial charge in [0.1, 0.15) is 5.75 Å². The number of aromatic nitrogens is 2. The van der Waals surface area contributed by atoms with Crippen LogP contribution in [0.4, 0.5) is 0 Å². The van der Waals surface area contributed by atoms with Crippen LogP contribution in [0.1, 0.15) is 49.9 Å². The van der Waals surface area contributed by atoms with Gasteiger partial charge in [0, 0.05) is 61.8 Å². The van der Waals surface area contributed by atoms with Crippen molar-refractivity contribution < 1.29 is 9.47 Å². The van der Waals surface area contributed by atoms with E-state index in [0.29, 0.717) is 18.1 Å². The Labute approximate surface area is 197 Å². The Kier molecular flexibility index (Phi) is 6.41. The number of ether oxygens (including phenoxy) is 2. The van der Waals surface area contributed by atoms with Crippen molar-refractivity contribution in [2.75, 3.05) is 33.9 Å². The Morgan fingerprint density at radius 2 is 1.94 bits per heavy atom. The largest absolute Gasteiger partial charge is 0.497 e. The van der Waals surface area contributed by atoms with Crippen LogP contribution < -0.4 is 4.74 Å². The molecule has 6 nitrogen and oxygen atoms in total. The second-order valence-electron chi connectivity index (χ2n) is 9.75. The number of benzene rings is 1. The molecule has 0 saturated carbocycles.